The highest BCUT2D eigenvalue weighted by Gasteiger charge is 2.09. The Bertz CT molecular complexity index is 515. The molecule has 5 heteroatoms. The molecule has 0 aromatic heterocycles. The molecular formula is C12H12O4S. The average molecular weight is 252 g/mol. The fourth-order valence-corrected chi connectivity index (χ4v) is 2.01. The maximum Gasteiger partial charge on any atom is 0.331 e. The van der Waals surface area contributed by atoms with E-state index in [1.165, 1.54) is 18.2 Å². The van der Waals surface area contributed by atoms with Crippen molar-refractivity contribution in [2.24, 2.45) is 0 Å². The van der Waals surface area contributed by atoms with E-state index in [4.69, 9.17) is 0 Å². The Kier molecular flexibility index (Phi) is 4.66. The molecule has 0 saturated heterocycles. The second-order valence-electron chi connectivity index (χ2n) is 3.08. The predicted octanol–water partition coefficient (Wildman–Crippen LogP) is 1.70. The molecule has 0 aliphatic carbocycles. The Hall–Kier alpha value is -1.88. The van der Waals surface area contributed by atoms with Gasteiger partial charge in [0.2, 0.25) is 0 Å². The van der Waals surface area contributed by atoms with Gasteiger partial charge in [0.05, 0.1) is 4.90 Å². The van der Waals surface area contributed by atoms with Crippen molar-refractivity contribution in [1.29, 1.82) is 0 Å². The monoisotopic (exact) mass is 252 g/mol. The molecule has 17 heavy (non-hydrogen) atoms. The van der Waals surface area contributed by atoms with E-state index in [0.717, 1.165) is 11.5 Å². The van der Waals surface area contributed by atoms with Crippen LogP contribution in [-0.2, 0) is 19.4 Å². The molecule has 0 atom stereocenters. The smallest absolute Gasteiger partial charge is 0.331 e. The number of rotatable bonds is 5. The number of benzene rings is 1. The lowest BCUT2D eigenvalue weighted by Gasteiger charge is -1.98. The second-order valence-corrected chi connectivity index (χ2v) is 4.91. The van der Waals surface area contributed by atoms with Crippen LogP contribution in [0.3, 0.4) is 0 Å². The van der Waals surface area contributed by atoms with Crippen LogP contribution in [0.15, 0.2) is 59.4 Å². The maximum absolute atomic E-state index is 11.7. The van der Waals surface area contributed by atoms with Crippen molar-refractivity contribution < 1.29 is 17.9 Å². The van der Waals surface area contributed by atoms with Gasteiger partial charge in [-0.3, -0.25) is 0 Å². The lowest BCUT2D eigenvalue weighted by Crippen LogP contribution is -2.02. The number of carbonyl (C=O) groups excluding carboxylic acids is 1. The molecule has 0 N–H and O–H groups in total. The molecule has 1 aromatic rings. The minimum absolute atomic E-state index is 0.0502. The maximum atomic E-state index is 11.7. The van der Waals surface area contributed by atoms with E-state index in [-0.39, 0.29) is 11.5 Å². The SMILES string of the molecule is C=CCOC(=O)/C=C/S(=O)(=O)c1ccccc1. The number of ether oxygens (including phenoxy) is 1. The third-order valence-corrected chi connectivity index (χ3v) is 3.22. The van der Waals surface area contributed by atoms with E-state index in [0.29, 0.717) is 0 Å². The van der Waals surface area contributed by atoms with Gasteiger partial charge in [-0.15, -0.1) is 0 Å². The zero-order valence-corrected chi connectivity index (χ0v) is 9.89. The van der Waals surface area contributed by atoms with Gasteiger partial charge < -0.3 is 4.74 Å². The van der Waals surface area contributed by atoms with Gasteiger partial charge in [-0.2, -0.15) is 0 Å². The summed E-state index contributed by atoms with van der Waals surface area (Å²) in [5.41, 5.74) is 0. The molecular weight excluding hydrogens is 240 g/mol. The molecule has 0 aliphatic heterocycles. The van der Waals surface area contributed by atoms with Crippen molar-refractivity contribution in [2.45, 2.75) is 4.90 Å². The Morgan fingerprint density at radius 1 is 1.29 bits per heavy atom. The van der Waals surface area contributed by atoms with E-state index < -0.39 is 15.8 Å². The zero-order chi connectivity index (χ0) is 12.7. The van der Waals surface area contributed by atoms with Crippen molar-refractivity contribution in [2.75, 3.05) is 6.61 Å². The van der Waals surface area contributed by atoms with Gasteiger partial charge >= 0.3 is 5.97 Å². The molecule has 1 aromatic carbocycles. The molecule has 0 aliphatic rings. The number of esters is 1. The standard InChI is InChI=1S/C12H12O4S/c1-2-9-16-12(13)8-10-17(14,15)11-6-4-3-5-7-11/h2-8,10H,1,9H2/b10-8+. The minimum Gasteiger partial charge on any atom is -0.458 e. The lowest BCUT2D eigenvalue weighted by atomic mass is 10.4. The van der Waals surface area contributed by atoms with Gasteiger partial charge in [0, 0.05) is 11.5 Å². The zero-order valence-electron chi connectivity index (χ0n) is 9.07. The lowest BCUT2D eigenvalue weighted by molar-refractivity contribution is -0.136. The summed E-state index contributed by atoms with van der Waals surface area (Å²) in [5.74, 6) is -0.718. The van der Waals surface area contributed by atoms with Crippen LogP contribution in [0.5, 0.6) is 0 Å². The molecule has 0 amide bonds. The van der Waals surface area contributed by atoms with Crippen molar-refractivity contribution in [3.63, 3.8) is 0 Å². The van der Waals surface area contributed by atoms with Crippen molar-refractivity contribution in [1.82, 2.24) is 0 Å². The van der Waals surface area contributed by atoms with E-state index in [2.05, 4.69) is 11.3 Å². The molecule has 0 unspecified atom stereocenters. The summed E-state index contributed by atoms with van der Waals surface area (Å²) in [6.45, 7) is 3.42. The number of hydrogen-bond donors (Lipinski definition) is 0. The fraction of sp³-hybridized carbons (Fsp3) is 0.0833. The van der Waals surface area contributed by atoms with E-state index in [9.17, 15) is 13.2 Å². The Labute approximate surface area is 100 Å². The average Bonchev–Trinajstić information content (AvgIpc) is 2.35. The Morgan fingerprint density at radius 2 is 1.94 bits per heavy atom. The van der Waals surface area contributed by atoms with Crippen LogP contribution in [0.4, 0.5) is 0 Å². The van der Waals surface area contributed by atoms with Gasteiger partial charge in [0.1, 0.15) is 6.61 Å². The third-order valence-electron chi connectivity index (χ3n) is 1.80. The number of sulfone groups is 1. The summed E-state index contributed by atoms with van der Waals surface area (Å²) in [5, 5.41) is 0.827. The van der Waals surface area contributed by atoms with Gasteiger partial charge in [0.25, 0.3) is 0 Å². The first kappa shape index (κ1) is 13.2. The normalized spacial score (nSPS) is 11.3. The van der Waals surface area contributed by atoms with Crippen LogP contribution in [0.2, 0.25) is 0 Å². The molecule has 90 valence electrons. The summed E-state index contributed by atoms with van der Waals surface area (Å²) >= 11 is 0. The van der Waals surface area contributed by atoms with Crippen LogP contribution in [0, 0.1) is 0 Å². The van der Waals surface area contributed by atoms with Crippen LogP contribution >= 0.6 is 0 Å². The highest BCUT2D eigenvalue weighted by molar-refractivity contribution is 7.94. The summed E-state index contributed by atoms with van der Waals surface area (Å²) in [6, 6.07) is 7.83. The van der Waals surface area contributed by atoms with Gasteiger partial charge in [-0.05, 0) is 12.1 Å². The van der Waals surface area contributed by atoms with Crippen LogP contribution < -0.4 is 0 Å². The van der Waals surface area contributed by atoms with Gasteiger partial charge in [0.15, 0.2) is 9.84 Å². The van der Waals surface area contributed by atoms with Crippen LogP contribution in [0.1, 0.15) is 0 Å². The van der Waals surface area contributed by atoms with Crippen molar-refractivity contribution in [3.05, 3.63) is 54.5 Å². The molecule has 0 bridgehead atoms. The summed E-state index contributed by atoms with van der Waals surface area (Å²) in [7, 11) is -3.59. The Morgan fingerprint density at radius 3 is 2.53 bits per heavy atom. The topological polar surface area (TPSA) is 60.4 Å². The third kappa shape index (κ3) is 4.24. The summed E-state index contributed by atoms with van der Waals surface area (Å²) < 4.78 is 28.0. The number of hydrogen-bond acceptors (Lipinski definition) is 4. The summed E-state index contributed by atoms with van der Waals surface area (Å²) in [4.78, 5) is 11.2. The Balaban J connectivity index is 2.77. The fourth-order valence-electron chi connectivity index (χ4n) is 1.02. The van der Waals surface area contributed by atoms with Crippen LogP contribution in [0.25, 0.3) is 0 Å². The van der Waals surface area contributed by atoms with Gasteiger partial charge in [-0.25, -0.2) is 13.2 Å². The summed E-state index contributed by atoms with van der Waals surface area (Å²) in [6.07, 6.45) is 2.28. The van der Waals surface area contributed by atoms with E-state index in [1.54, 1.807) is 18.2 Å². The van der Waals surface area contributed by atoms with Crippen molar-refractivity contribution >= 4 is 15.8 Å². The molecule has 0 radical (unpaired) electrons. The number of carbonyl (C=O) groups is 1. The van der Waals surface area contributed by atoms with Crippen molar-refractivity contribution in [3.8, 4) is 0 Å². The van der Waals surface area contributed by atoms with Gasteiger partial charge in [-0.1, -0.05) is 30.9 Å². The first-order valence-electron chi connectivity index (χ1n) is 4.82. The first-order valence-corrected chi connectivity index (χ1v) is 6.37. The van der Waals surface area contributed by atoms with E-state index >= 15 is 0 Å². The largest absolute Gasteiger partial charge is 0.458 e. The molecule has 0 saturated carbocycles. The van der Waals surface area contributed by atoms with Crippen LogP contribution in [-0.4, -0.2) is 21.0 Å². The molecule has 0 heterocycles. The highest BCUT2D eigenvalue weighted by Crippen LogP contribution is 2.10. The molecule has 1 rings (SSSR count). The highest BCUT2D eigenvalue weighted by atomic mass is 32.2. The quantitative estimate of drug-likeness (QED) is 0.454. The minimum atomic E-state index is -3.59. The van der Waals surface area contributed by atoms with E-state index in [1.807, 2.05) is 0 Å². The first-order chi connectivity index (χ1) is 8.06. The predicted molar refractivity (Wildman–Crippen MR) is 63.9 cm³/mol. The second kappa shape index (κ2) is 6.00. The molecule has 0 spiro atoms. The molecule has 0 fully saturated rings. The molecule has 4 nitrogen and oxygen atoms in total.